The summed E-state index contributed by atoms with van der Waals surface area (Å²) in [7, 11) is 0. The molecule has 5 nitrogen and oxygen atoms in total. The van der Waals surface area contributed by atoms with E-state index in [1.54, 1.807) is 6.07 Å². The van der Waals surface area contributed by atoms with Gasteiger partial charge in [0.05, 0.1) is 32.7 Å². The van der Waals surface area contributed by atoms with Crippen LogP contribution in [0.4, 0.5) is 0 Å². The summed E-state index contributed by atoms with van der Waals surface area (Å²) in [6, 6.07) is 11.6. The van der Waals surface area contributed by atoms with Crippen molar-refractivity contribution in [1.82, 2.24) is 0 Å². The molecule has 0 fully saturated rings. The van der Waals surface area contributed by atoms with E-state index in [2.05, 4.69) is 0 Å². The van der Waals surface area contributed by atoms with Gasteiger partial charge in [0.25, 0.3) is 0 Å². The van der Waals surface area contributed by atoms with E-state index in [0.717, 1.165) is 5.56 Å². The number of hydrogen-bond acceptors (Lipinski definition) is 4. The van der Waals surface area contributed by atoms with Crippen molar-refractivity contribution in [2.75, 3.05) is 19.8 Å². The fourth-order valence-corrected chi connectivity index (χ4v) is 1.89. The normalized spacial score (nSPS) is 10.7. The van der Waals surface area contributed by atoms with Crippen LogP contribution in [-0.4, -0.2) is 30.9 Å². The van der Waals surface area contributed by atoms with E-state index in [-0.39, 0.29) is 5.76 Å². The molecule has 0 aliphatic rings. The predicted molar refractivity (Wildman–Crippen MR) is 76.3 cm³/mol. The third-order valence-electron chi connectivity index (χ3n) is 2.94. The molecular weight excluding hydrogens is 272 g/mol. The van der Waals surface area contributed by atoms with Gasteiger partial charge in [-0.05, 0) is 18.1 Å². The van der Waals surface area contributed by atoms with Gasteiger partial charge in [-0.1, -0.05) is 30.3 Å². The lowest BCUT2D eigenvalue weighted by Gasteiger charge is -2.05. The van der Waals surface area contributed by atoms with Gasteiger partial charge < -0.3 is 19.0 Å². The van der Waals surface area contributed by atoms with E-state index in [9.17, 15) is 4.79 Å². The van der Waals surface area contributed by atoms with E-state index in [0.29, 0.717) is 38.4 Å². The zero-order valence-electron chi connectivity index (χ0n) is 11.7. The highest BCUT2D eigenvalue weighted by Gasteiger charge is 2.13. The number of aromatic carboxylic acids is 1. The molecule has 0 unspecified atom stereocenters. The monoisotopic (exact) mass is 290 g/mol. The van der Waals surface area contributed by atoms with Crippen molar-refractivity contribution in [2.45, 2.75) is 13.0 Å². The number of rotatable bonds is 9. The quantitative estimate of drug-likeness (QED) is 0.719. The number of furan rings is 1. The summed E-state index contributed by atoms with van der Waals surface area (Å²) in [5.74, 6) is -1.07. The van der Waals surface area contributed by atoms with Crippen molar-refractivity contribution < 1.29 is 23.8 Å². The Bertz CT molecular complexity index is 547. The van der Waals surface area contributed by atoms with Gasteiger partial charge in [-0.15, -0.1) is 0 Å². The smallest absolute Gasteiger partial charge is 0.372 e. The highest BCUT2D eigenvalue weighted by molar-refractivity contribution is 5.86. The van der Waals surface area contributed by atoms with Crippen molar-refractivity contribution in [3.63, 3.8) is 0 Å². The van der Waals surface area contributed by atoms with E-state index in [4.69, 9.17) is 19.0 Å². The standard InChI is InChI=1S/C16H18O5/c17-16(18)15-14(7-9-21-15)6-8-19-10-11-20-12-13-4-2-1-3-5-13/h1-5,7,9H,6,8,10-12H2,(H,17,18). The molecule has 0 saturated carbocycles. The summed E-state index contributed by atoms with van der Waals surface area (Å²) < 4.78 is 15.8. The molecule has 5 heteroatoms. The van der Waals surface area contributed by atoms with Crippen LogP contribution in [-0.2, 0) is 22.5 Å². The molecule has 21 heavy (non-hydrogen) atoms. The topological polar surface area (TPSA) is 68.9 Å². The highest BCUT2D eigenvalue weighted by Crippen LogP contribution is 2.11. The Morgan fingerprint density at radius 3 is 2.57 bits per heavy atom. The van der Waals surface area contributed by atoms with Crippen molar-refractivity contribution in [1.29, 1.82) is 0 Å². The largest absolute Gasteiger partial charge is 0.475 e. The number of ether oxygens (including phenoxy) is 2. The van der Waals surface area contributed by atoms with Crippen LogP contribution < -0.4 is 0 Å². The predicted octanol–water partition coefficient (Wildman–Crippen LogP) is 2.75. The Kier molecular flexibility index (Phi) is 5.99. The van der Waals surface area contributed by atoms with E-state index in [1.807, 2.05) is 30.3 Å². The Balaban J connectivity index is 1.56. The first-order valence-corrected chi connectivity index (χ1v) is 6.76. The minimum atomic E-state index is -1.05. The molecule has 2 rings (SSSR count). The van der Waals surface area contributed by atoms with E-state index in [1.165, 1.54) is 6.26 Å². The molecule has 0 amide bonds. The Morgan fingerprint density at radius 1 is 1.05 bits per heavy atom. The van der Waals surface area contributed by atoms with Crippen LogP contribution in [0.2, 0.25) is 0 Å². The van der Waals surface area contributed by atoms with Crippen LogP contribution in [0.3, 0.4) is 0 Å². The third kappa shape index (κ3) is 5.06. The minimum Gasteiger partial charge on any atom is -0.475 e. The SMILES string of the molecule is O=C(O)c1occc1CCOCCOCc1ccccc1. The van der Waals surface area contributed by atoms with Gasteiger partial charge in [0.15, 0.2) is 0 Å². The second-order valence-corrected chi connectivity index (χ2v) is 4.48. The van der Waals surface area contributed by atoms with Gasteiger partial charge in [-0.25, -0.2) is 4.79 Å². The first kappa shape index (κ1) is 15.3. The first-order valence-electron chi connectivity index (χ1n) is 6.76. The molecule has 0 bridgehead atoms. The summed E-state index contributed by atoms with van der Waals surface area (Å²) in [6.45, 7) is 1.99. The molecule has 1 N–H and O–H groups in total. The van der Waals surface area contributed by atoms with Crippen LogP contribution in [0.5, 0.6) is 0 Å². The summed E-state index contributed by atoms with van der Waals surface area (Å²) in [5, 5.41) is 8.88. The molecule has 1 aromatic carbocycles. The van der Waals surface area contributed by atoms with Crippen LogP contribution in [0.15, 0.2) is 47.1 Å². The van der Waals surface area contributed by atoms with Gasteiger partial charge >= 0.3 is 5.97 Å². The molecule has 0 aliphatic carbocycles. The fraction of sp³-hybridized carbons (Fsp3) is 0.312. The van der Waals surface area contributed by atoms with Crippen molar-refractivity contribution in [3.05, 3.63) is 59.5 Å². The van der Waals surface area contributed by atoms with Gasteiger partial charge in [-0.3, -0.25) is 0 Å². The van der Waals surface area contributed by atoms with Gasteiger partial charge in [0.2, 0.25) is 5.76 Å². The third-order valence-corrected chi connectivity index (χ3v) is 2.94. The van der Waals surface area contributed by atoms with Crippen LogP contribution in [0.1, 0.15) is 21.7 Å². The second-order valence-electron chi connectivity index (χ2n) is 4.48. The number of carbonyl (C=O) groups is 1. The number of carboxylic acids is 1. The Hall–Kier alpha value is -2.11. The highest BCUT2D eigenvalue weighted by atomic mass is 16.5. The van der Waals surface area contributed by atoms with E-state index >= 15 is 0 Å². The summed E-state index contributed by atoms with van der Waals surface area (Å²) >= 11 is 0. The van der Waals surface area contributed by atoms with Crippen molar-refractivity contribution >= 4 is 5.97 Å². The van der Waals surface area contributed by atoms with Crippen LogP contribution in [0.25, 0.3) is 0 Å². The molecular formula is C16H18O5. The lowest BCUT2D eigenvalue weighted by atomic mass is 10.2. The summed E-state index contributed by atoms with van der Waals surface area (Å²) in [5.41, 5.74) is 1.77. The van der Waals surface area contributed by atoms with Gasteiger partial charge in [-0.2, -0.15) is 0 Å². The number of hydrogen-bond donors (Lipinski definition) is 1. The number of benzene rings is 1. The molecule has 0 spiro atoms. The summed E-state index contributed by atoms with van der Waals surface area (Å²) in [6.07, 6.45) is 1.89. The average molecular weight is 290 g/mol. The van der Waals surface area contributed by atoms with Gasteiger partial charge in [0.1, 0.15) is 0 Å². The lowest BCUT2D eigenvalue weighted by Crippen LogP contribution is -2.08. The van der Waals surface area contributed by atoms with E-state index < -0.39 is 5.97 Å². The molecule has 1 heterocycles. The Morgan fingerprint density at radius 2 is 1.81 bits per heavy atom. The molecule has 1 aromatic heterocycles. The zero-order chi connectivity index (χ0) is 14.9. The summed E-state index contributed by atoms with van der Waals surface area (Å²) in [4.78, 5) is 10.8. The number of carboxylic acid groups (broad SMARTS) is 1. The molecule has 0 saturated heterocycles. The molecule has 0 radical (unpaired) electrons. The second kappa shape index (κ2) is 8.24. The molecule has 0 atom stereocenters. The maximum Gasteiger partial charge on any atom is 0.372 e. The maximum absolute atomic E-state index is 10.8. The molecule has 0 aliphatic heterocycles. The van der Waals surface area contributed by atoms with Crippen LogP contribution in [0, 0.1) is 0 Å². The average Bonchev–Trinajstić information content (AvgIpc) is 2.96. The Labute approximate surface area is 123 Å². The molecule has 2 aromatic rings. The van der Waals surface area contributed by atoms with Gasteiger partial charge in [0, 0.05) is 5.56 Å². The molecule has 112 valence electrons. The lowest BCUT2D eigenvalue weighted by molar-refractivity contribution is 0.0414. The van der Waals surface area contributed by atoms with Crippen molar-refractivity contribution in [3.8, 4) is 0 Å². The van der Waals surface area contributed by atoms with Crippen molar-refractivity contribution in [2.24, 2.45) is 0 Å². The fourth-order valence-electron chi connectivity index (χ4n) is 1.89. The maximum atomic E-state index is 10.8. The minimum absolute atomic E-state index is 0.0149. The first-order chi connectivity index (χ1) is 10.3. The van der Waals surface area contributed by atoms with Crippen LogP contribution >= 0.6 is 0 Å². The zero-order valence-corrected chi connectivity index (χ0v) is 11.7.